The first-order valence-corrected chi connectivity index (χ1v) is 8.81. The summed E-state index contributed by atoms with van der Waals surface area (Å²) in [4.78, 5) is 0. The van der Waals surface area contributed by atoms with E-state index < -0.39 is 9.84 Å². The summed E-state index contributed by atoms with van der Waals surface area (Å²) in [5, 5.41) is 3.44. The predicted octanol–water partition coefficient (Wildman–Crippen LogP) is 1.88. The van der Waals surface area contributed by atoms with Crippen LogP contribution in [0.5, 0.6) is 0 Å². The van der Waals surface area contributed by atoms with Gasteiger partial charge in [0.2, 0.25) is 0 Å². The molecule has 2 saturated heterocycles. The Balaban J connectivity index is 1.98. The number of hydrogen-bond acceptors (Lipinski definition) is 3. The molecule has 2 unspecified atom stereocenters. The lowest BCUT2D eigenvalue weighted by atomic mass is 9.67. The van der Waals surface area contributed by atoms with Crippen molar-refractivity contribution in [3.05, 3.63) is 35.4 Å². The highest BCUT2D eigenvalue weighted by atomic mass is 32.2. The number of rotatable bonds is 1. The zero-order valence-corrected chi connectivity index (χ0v) is 12.2. The third kappa shape index (κ3) is 2.43. The Morgan fingerprint density at radius 1 is 1.32 bits per heavy atom. The maximum absolute atomic E-state index is 11.9. The molecule has 2 aliphatic rings. The second-order valence-corrected chi connectivity index (χ2v) is 8.31. The summed E-state index contributed by atoms with van der Waals surface area (Å²) in [5.74, 6) is 1.08. The van der Waals surface area contributed by atoms with Crippen LogP contribution in [0.2, 0.25) is 0 Å². The van der Waals surface area contributed by atoms with Crippen LogP contribution in [0.25, 0.3) is 0 Å². The van der Waals surface area contributed by atoms with Gasteiger partial charge >= 0.3 is 0 Å². The summed E-state index contributed by atoms with van der Waals surface area (Å²) < 4.78 is 23.9. The molecule has 2 heterocycles. The summed E-state index contributed by atoms with van der Waals surface area (Å²) in [6.07, 6.45) is 1.81. The van der Waals surface area contributed by atoms with Crippen LogP contribution >= 0.6 is 0 Å². The van der Waals surface area contributed by atoms with Crippen molar-refractivity contribution in [3.8, 4) is 0 Å². The van der Waals surface area contributed by atoms with Crippen molar-refractivity contribution in [2.24, 2.45) is 5.41 Å². The Labute approximate surface area is 115 Å². The van der Waals surface area contributed by atoms with E-state index in [1.807, 2.05) is 0 Å². The Morgan fingerprint density at radius 3 is 2.84 bits per heavy atom. The van der Waals surface area contributed by atoms with Crippen LogP contribution in [0.4, 0.5) is 0 Å². The first kappa shape index (κ1) is 13.1. The zero-order chi connectivity index (χ0) is 13.5. The maximum Gasteiger partial charge on any atom is 0.150 e. The quantitative estimate of drug-likeness (QED) is 0.854. The normalized spacial score (nSPS) is 33.6. The summed E-state index contributed by atoms with van der Waals surface area (Å²) in [5.41, 5.74) is 2.51. The lowest BCUT2D eigenvalue weighted by Gasteiger charge is -2.41. The molecule has 0 aliphatic carbocycles. The molecule has 0 amide bonds. The molecule has 1 aromatic rings. The molecule has 3 rings (SSSR count). The Bertz CT molecular complexity index is 582. The van der Waals surface area contributed by atoms with Crippen molar-refractivity contribution >= 4 is 9.84 Å². The SMILES string of the molecule is Cc1cccc(C2CNCCC23CCS(=O)(=O)C3)c1. The monoisotopic (exact) mass is 279 g/mol. The number of hydrogen-bond donors (Lipinski definition) is 1. The molecule has 3 nitrogen and oxygen atoms in total. The van der Waals surface area contributed by atoms with Crippen molar-refractivity contribution in [1.29, 1.82) is 0 Å². The predicted molar refractivity (Wildman–Crippen MR) is 77.1 cm³/mol. The van der Waals surface area contributed by atoms with E-state index in [1.165, 1.54) is 11.1 Å². The molecule has 2 fully saturated rings. The molecule has 0 aromatic heterocycles. The fourth-order valence-electron chi connectivity index (χ4n) is 3.75. The van der Waals surface area contributed by atoms with Gasteiger partial charge in [-0.15, -0.1) is 0 Å². The fourth-order valence-corrected chi connectivity index (χ4v) is 5.97. The van der Waals surface area contributed by atoms with E-state index in [1.54, 1.807) is 0 Å². The highest BCUT2D eigenvalue weighted by molar-refractivity contribution is 7.91. The van der Waals surface area contributed by atoms with Crippen LogP contribution in [0.15, 0.2) is 24.3 Å². The Kier molecular flexibility index (Phi) is 3.18. The molecule has 1 N–H and O–H groups in total. The van der Waals surface area contributed by atoms with Crippen LogP contribution in [0.3, 0.4) is 0 Å². The first-order valence-electron chi connectivity index (χ1n) is 6.99. The molecule has 1 spiro atoms. The van der Waals surface area contributed by atoms with Gasteiger partial charge in [-0.25, -0.2) is 8.42 Å². The van der Waals surface area contributed by atoms with Gasteiger partial charge < -0.3 is 5.32 Å². The van der Waals surface area contributed by atoms with Crippen molar-refractivity contribution in [2.75, 3.05) is 24.6 Å². The zero-order valence-electron chi connectivity index (χ0n) is 11.4. The molecule has 0 bridgehead atoms. The lowest BCUT2D eigenvalue weighted by molar-refractivity contribution is 0.196. The molecule has 0 radical (unpaired) electrons. The van der Waals surface area contributed by atoms with E-state index in [9.17, 15) is 8.42 Å². The van der Waals surface area contributed by atoms with Crippen LogP contribution in [0, 0.1) is 12.3 Å². The third-order valence-electron chi connectivity index (χ3n) is 4.75. The minimum Gasteiger partial charge on any atom is -0.316 e. The molecule has 2 aliphatic heterocycles. The number of benzene rings is 1. The van der Waals surface area contributed by atoms with E-state index in [0.29, 0.717) is 17.4 Å². The van der Waals surface area contributed by atoms with Gasteiger partial charge in [-0.2, -0.15) is 0 Å². The summed E-state index contributed by atoms with van der Waals surface area (Å²) in [6.45, 7) is 3.94. The molecule has 2 atom stereocenters. The number of nitrogens with one attached hydrogen (secondary N) is 1. The van der Waals surface area contributed by atoms with Gasteiger partial charge in [0.15, 0.2) is 9.84 Å². The van der Waals surface area contributed by atoms with Crippen LogP contribution in [-0.2, 0) is 9.84 Å². The van der Waals surface area contributed by atoms with E-state index in [-0.39, 0.29) is 5.41 Å². The average Bonchev–Trinajstić information content (AvgIpc) is 2.66. The van der Waals surface area contributed by atoms with Crippen LogP contribution in [0.1, 0.15) is 29.9 Å². The van der Waals surface area contributed by atoms with Crippen molar-refractivity contribution in [2.45, 2.75) is 25.7 Å². The topological polar surface area (TPSA) is 46.2 Å². The molecule has 0 saturated carbocycles. The van der Waals surface area contributed by atoms with Crippen LogP contribution in [-0.4, -0.2) is 33.0 Å². The minimum atomic E-state index is -2.83. The molecular formula is C15H21NO2S. The van der Waals surface area contributed by atoms with E-state index >= 15 is 0 Å². The van der Waals surface area contributed by atoms with Gasteiger partial charge in [-0.1, -0.05) is 29.8 Å². The van der Waals surface area contributed by atoms with Crippen molar-refractivity contribution < 1.29 is 8.42 Å². The second-order valence-electron chi connectivity index (χ2n) is 6.13. The fraction of sp³-hybridized carbons (Fsp3) is 0.600. The summed E-state index contributed by atoms with van der Waals surface area (Å²) in [7, 11) is -2.83. The molecule has 1 aromatic carbocycles. The van der Waals surface area contributed by atoms with Gasteiger partial charge in [0, 0.05) is 12.5 Å². The van der Waals surface area contributed by atoms with Crippen LogP contribution < -0.4 is 5.32 Å². The Morgan fingerprint density at radius 2 is 2.16 bits per heavy atom. The number of piperidine rings is 1. The standard InChI is InChI=1S/C15H21NO2S/c1-12-3-2-4-13(9-12)14-10-16-7-5-15(14)6-8-19(17,18)11-15/h2-4,9,14,16H,5-8,10-11H2,1H3. The number of sulfone groups is 1. The second kappa shape index (κ2) is 4.60. The molecule has 4 heteroatoms. The van der Waals surface area contributed by atoms with Gasteiger partial charge in [-0.05, 0) is 37.3 Å². The molecule has 104 valence electrons. The van der Waals surface area contributed by atoms with E-state index in [4.69, 9.17) is 0 Å². The Hall–Kier alpha value is -0.870. The average molecular weight is 279 g/mol. The van der Waals surface area contributed by atoms with Gasteiger partial charge in [-0.3, -0.25) is 0 Å². The summed E-state index contributed by atoms with van der Waals surface area (Å²) in [6, 6.07) is 8.54. The van der Waals surface area contributed by atoms with Crippen molar-refractivity contribution in [1.82, 2.24) is 5.32 Å². The van der Waals surface area contributed by atoms with Gasteiger partial charge in [0.25, 0.3) is 0 Å². The highest BCUT2D eigenvalue weighted by Crippen LogP contribution is 2.48. The van der Waals surface area contributed by atoms with Gasteiger partial charge in [0.1, 0.15) is 0 Å². The largest absolute Gasteiger partial charge is 0.316 e. The molecular weight excluding hydrogens is 258 g/mol. The summed E-state index contributed by atoms with van der Waals surface area (Å²) >= 11 is 0. The molecule has 19 heavy (non-hydrogen) atoms. The van der Waals surface area contributed by atoms with E-state index in [2.05, 4.69) is 36.5 Å². The third-order valence-corrected chi connectivity index (χ3v) is 6.59. The maximum atomic E-state index is 11.9. The first-order chi connectivity index (χ1) is 9.01. The number of aryl methyl sites for hydroxylation is 1. The smallest absolute Gasteiger partial charge is 0.150 e. The minimum absolute atomic E-state index is 0.0299. The lowest BCUT2D eigenvalue weighted by Crippen LogP contribution is -2.44. The van der Waals surface area contributed by atoms with Gasteiger partial charge in [0.05, 0.1) is 11.5 Å². The highest BCUT2D eigenvalue weighted by Gasteiger charge is 2.48. The van der Waals surface area contributed by atoms with Crippen molar-refractivity contribution in [3.63, 3.8) is 0 Å². The van der Waals surface area contributed by atoms with E-state index in [0.717, 1.165) is 25.9 Å².